The third-order valence-corrected chi connectivity index (χ3v) is 3.85. The lowest BCUT2D eigenvalue weighted by molar-refractivity contribution is 1.45. The van der Waals surface area contributed by atoms with Gasteiger partial charge in [0.05, 0.1) is 11.1 Å². The first-order valence-electron chi connectivity index (χ1n) is 7.73. The highest BCUT2D eigenvalue weighted by atomic mass is 14.3. The predicted octanol–water partition coefficient (Wildman–Crippen LogP) is 0.131. The molecular weight excluding hydrogens is 348 g/mol. The molecule has 126 valence electrons. The van der Waals surface area contributed by atoms with Gasteiger partial charge in [-0.05, 0) is 10.4 Å². The number of nitriles is 6. The van der Waals surface area contributed by atoms with Gasteiger partial charge in [0.2, 0.25) is 0 Å². The largest absolute Gasteiger partial charge is 0.192 e. The molecule has 0 unspecified atom stereocenters. The van der Waals surface area contributed by atoms with Gasteiger partial charge >= 0.3 is 0 Å². The highest BCUT2D eigenvalue weighted by Crippen LogP contribution is 2.06. The number of hydrogen-bond acceptors (Lipinski definition) is 6. The quantitative estimate of drug-likeness (QED) is 0.710. The first kappa shape index (κ1) is 19.2. The Morgan fingerprint density at radius 1 is 0.393 bits per heavy atom. The van der Waals surface area contributed by atoms with E-state index in [1.807, 2.05) is 12.1 Å². The minimum atomic E-state index is -0.0489. The van der Waals surface area contributed by atoms with Gasteiger partial charge in [-0.15, -0.1) is 0 Å². The molecule has 0 aliphatic carbocycles. The standard InChI is InChI=1S/C22H8N6/c23-9-19(10-24)15-1-5-17(6-2-15)21(13-27)22(14-28)18-7-3-16(4-8-18)20(11-25)12-26/h1-8H. The van der Waals surface area contributed by atoms with Crippen molar-refractivity contribution in [3.05, 3.63) is 69.4 Å². The Morgan fingerprint density at radius 2 is 0.643 bits per heavy atom. The van der Waals surface area contributed by atoms with Crippen LogP contribution in [0.4, 0.5) is 0 Å². The van der Waals surface area contributed by atoms with Gasteiger partial charge in [-0.25, -0.2) is 0 Å². The van der Waals surface area contributed by atoms with Crippen molar-refractivity contribution in [3.63, 3.8) is 0 Å². The van der Waals surface area contributed by atoms with Crippen molar-refractivity contribution in [2.45, 2.75) is 0 Å². The van der Waals surface area contributed by atoms with E-state index in [4.69, 9.17) is 21.0 Å². The van der Waals surface area contributed by atoms with E-state index in [1.54, 1.807) is 48.5 Å². The minimum Gasteiger partial charge on any atom is -0.192 e. The third-order valence-electron chi connectivity index (χ3n) is 3.85. The molecule has 0 spiro atoms. The maximum atomic E-state index is 9.57. The summed E-state index contributed by atoms with van der Waals surface area (Å²) < 4.78 is 0. The topological polar surface area (TPSA) is 143 Å². The van der Waals surface area contributed by atoms with Crippen molar-refractivity contribution >= 4 is 22.3 Å². The second-order valence-electron chi connectivity index (χ2n) is 5.33. The number of hydrogen-bond donors (Lipinski definition) is 0. The molecule has 0 saturated carbocycles. The summed E-state index contributed by atoms with van der Waals surface area (Å²) in [6.07, 6.45) is 0. The van der Waals surface area contributed by atoms with Crippen LogP contribution in [0, 0.1) is 68.0 Å². The van der Waals surface area contributed by atoms with Gasteiger partial charge in [0.25, 0.3) is 0 Å². The second kappa shape index (κ2) is 8.81. The van der Waals surface area contributed by atoms with Gasteiger partial charge in [-0.1, -0.05) is 48.5 Å². The summed E-state index contributed by atoms with van der Waals surface area (Å²) in [6, 6.07) is 23.6. The molecular formula is C22H8N6. The number of nitrogens with zero attached hydrogens (tertiary/aromatic N) is 6. The van der Waals surface area contributed by atoms with Crippen LogP contribution in [0.3, 0.4) is 0 Å². The van der Waals surface area contributed by atoms with E-state index >= 15 is 0 Å². The lowest BCUT2D eigenvalue weighted by Crippen LogP contribution is -2.16. The minimum absolute atomic E-state index is 0.0489. The zero-order valence-corrected chi connectivity index (χ0v) is 14.3. The molecule has 0 fully saturated rings. The van der Waals surface area contributed by atoms with E-state index in [0.29, 0.717) is 20.9 Å². The molecule has 0 bridgehead atoms. The molecule has 0 atom stereocenters. The van der Waals surface area contributed by atoms with Gasteiger partial charge in [0.1, 0.15) is 47.6 Å². The van der Waals surface area contributed by atoms with E-state index in [1.165, 1.54) is 24.3 Å². The zero-order chi connectivity index (χ0) is 20.5. The summed E-state index contributed by atoms with van der Waals surface area (Å²) in [4.78, 5) is 0. The monoisotopic (exact) mass is 356 g/mol. The van der Waals surface area contributed by atoms with Crippen molar-refractivity contribution in [2.75, 3.05) is 0 Å². The molecule has 2 aromatic rings. The summed E-state index contributed by atoms with van der Waals surface area (Å²) in [7, 11) is 0. The molecule has 0 aliphatic heterocycles. The third kappa shape index (κ3) is 3.75. The van der Waals surface area contributed by atoms with Gasteiger partial charge in [-0.3, -0.25) is 0 Å². The van der Waals surface area contributed by atoms with Crippen LogP contribution >= 0.6 is 0 Å². The molecule has 28 heavy (non-hydrogen) atoms. The van der Waals surface area contributed by atoms with Crippen LogP contribution in [0.1, 0.15) is 0 Å². The fourth-order valence-corrected chi connectivity index (χ4v) is 2.44. The van der Waals surface area contributed by atoms with Crippen LogP contribution in [0.5, 0.6) is 0 Å². The molecule has 6 heteroatoms. The van der Waals surface area contributed by atoms with Crippen molar-refractivity contribution in [1.82, 2.24) is 0 Å². The molecule has 2 rings (SSSR count). The predicted molar refractivity (Wildman–Crippen MR) is 98.7 cm³/mol. The molecule has 0 N–H and O–H groups in total. The van der Waals surface area contributed by atoms with Gasteiger partial charge in [-0.2, -0.15) is 31.6 Å². The van der Waals surface area contributed by atoms with Gasteiger partial charge in [0.15, 0.2) is 0 Å². The van der Waals surface area contributed by atoms with E-state index in [0.717, 1.165) is 0 Å². The Bertz CT molecular complexity index is 1270. The Kier molecular flexibility index (Phi) is 6.04. The van der Waals surface area contributed by atoms with Gasteiger partial charge in [0, 0.05) is 10.4 Å². The maximum Gasteiger partial charge on any atom is 0.136 e. The zero-order valence-electron chi connectivity index (χ0n) is 14.3. The number of benzene rings is 2. The molecule has 0 amide bonds. The molecule has 6 nitrogen and oxygen atoms in total. The molecule has 0 aliphatic rings. The smallest absolute Gasteiger partial charge is 0.136 e. The van der Waals surface area contributed by atoms with Crippen LogP contribution in [0.15, 0.2) is 48.5 Å². The van der Waals surface area contributed by atoms with E-state index in [9.17, 15) is 10.5 Å². The molecule has 0 aromatic heterocycles. The molecule has 0 saturated heterocycles. The highest BCUT2D eigenvalue weighted by Gasteiger charge is 2.07. The van der Waals surface area contributed by atoms with Crippen LogP contribution in [0.2, 0.25) is 0 Å². The van der Waals surface area contributed by atoms with Crippen molar-refractivity contribution in [3.8, 4) is 36.4 Å². The van der Waals surface area contributed by atoms with Crippen LogP contribution in [0.25, 0.3) is 22.3 Å². The first-order valence-corrected chi connectivity index (χ1v) is 7.73. The summed E-state index contributed by atoms with van der Waals surface area (Å²) in [5.74, 6) is 0. The van der Waals surface area contributed by atoms with E-state index in [-0.39, 0.29) is 22.3 Å². The number of rotatable bonds is 1. The van der Waals surface area contributed by atoms with Crippen molar-refractivity contribution < 1.29 is 0 Å². The Labute approximate surface area is 160 Å². The second-order valence-corrected chi connectivity index (χ2v) is 5.33. The lowest BCUT2D eigenvalue weighted by atomic mass is 10.0. The van der Waals surface area contributed by atoms with Crippen LogP contribution in [-0.2, 0) is 0 Å². The fraction of sp³-hybridized carbons (Fsp3) is 0. The van der Waals surface area contributed by atoms with Crippen molar-refractivity contribution in [2.24, 2.45) is 0 Å². The van der Waals surface area contributed by atoms with E-state index < -0.39 is 0 Å². The van der Waals surface area contributed by atoms with E-state index in [2.05, 4.69) is 0 Å². The normalized spacial score (nSPS) is 8.50. The summed E-state index contributed by atoms with van der Waals surface area (Å²) in [6.45, 7) is 0. The van der Waals surface area contributed by atoms with Gasteiger partial charge < -0.3 is 0 Å². The summed E-state index contributed by atoms with van der Waals surface area (Å²) in [5, 5.41) is 56.6. The maximum absolute atomic E-state index is 9.57. The SMILES string of the molecule is N#CC(C#N)=c1ccc(=C(C#N)C(C#N)=c2ccc(=C(C#N)C#N)cc2)cc1. The summed E-state index contributed by atoms with van der Waals surface area (Å²) in [5.41, 5.74) is 0.156. The average molecular weight is 356 g/mol. The molecule has 0 radical (unpaired) electrons. The Hall–Kier alpha value is -5.14. The fourth-order valence-electron chi connectivity index (χ4n) is 2.44. The van der Waals surface area contributed by atoms with Crippen LogP contribution < -0.4 is 20.9 Å². The van der Waals surface area contributed by atoms with Crippen molar-refractivity contribution in [1.29, 1.82) is 31.6 Å². The Morgan fingerprint density at radius 3 is 0.857 bits per heavy atom. The Balaban J connectivity index is 2.84. The molecule has 2 aromatic carbocycles. The first-order chi connectivity index (χ1) is 13.6. The van der Waals surface area contributed by atoms with Crippen LogP contribution in [-0.4, -0.2) is 0 Å². The lowest BCUT2D eigenvalue weighted by Gasteiger charge is -1.98. The molecule has 0 heterocycles. The highest BCUT2D eigenvalue weighted by molar-refractivity contribution is 6.02. The average Bonchev–Trinajstić information content (AvgIpc) is 2.75. The summed E-state index contributed by atoms with van der Waals surface area (Å²) >= 11 is 0.